The number of rotatable bonds is 3. The van der Waals surface area contributed by atoms with E-state index in [1.54, 1.807) is 12.1 Å². The van der Waals surface area contributed by atoms with E-state index in [1.165, 1.54) is 4.90 Å². The molecule has 142 valence electrons. The first-order valence-corrected chi connectivity index (χ1v) is 8.90. The quantitative estimate of drug-likeness (QED) is 0.878. The lowest BCUT2D eigenvalue weighted by molar-refractivity contribution is -0.184. The minimum atomic E-state index is -4.15. The summed E-state index contributed by atoms with van der Waals surface area (Å²) in [6, 6.07) is 7.18. The van der Waals surface area contributed by atoms with Crippen LogP contribution < -0.4 is 0 Å². The van der Waals surface area contributed by atoms with Crippen LogP contribution in [0.15, 0.2) is 24.3 Å². The molecule has 1 aliphatic carbocycles. The molecule has 0 bridgehead atoms. The average molecular weight is 369 g/mol. The molecule has 0 radical (unpaired) electrons. The van der Waals surface area contributed by atoms with Gasteiger partial charge in [-0.1, -0.05) is 24.3 Å². The Bertz CT molecular complexity index is 681. The van der Waals surface area contributed by atoms with Crippen LogP contribution in [0.5, 0.6) is 0 Å². The van der Waals surface area contributed by atoms with Crippen LogP contribution in [0.2, 0.25) is 0 Å². The molecule has 1 aromatic carbocycles. The van der Waals surface area contributed by atoms with Gasteiger partial charge < -0.3 is 10.0 Å². The van der Waals surface area contributed by atoms with E-state index < -0.39 is 24.0 Å². The molecule has 4 nitrogen and oxygen atoms in total. The Labute approximate surface area is 150 Å². The largest absolute Gasteiger partial charge is 0.481 e. The number of nitrogens with zero attached hydrogens (tertiary/aromatic N) is 1. The molecule has 1 amide bonds. The van der Waals surface area contributed by atoms with Gasteiger partial charge in [0.25, 0.3) is 0 Å². The standard InChI is InChI=1S/C19H22F3NO3/c20-19(21,22)14-7-5-12(6-8-14)9-17(24)23-10-13-3-1-2-4-15(13)16(11-23)18(25)26/h1-4,12,14,16H,5-11H2,(H,25,26). The number of carbonyl (C=O) groups excluding carboxylic acids is 1. The molecule has 1 aromatic rings. The van der Waals surface area contributed by atoms with Crippen molar-refractivity contribution in [3.63, 3.8) is 0 Å². The maximum absolute atomic E-state index is 12.8. The lowest BCUT2D eigenvalue weighted by Crippen LogP contribution is -2.41. The molecule has 7 heteroatoms. The summed E-state index contributed by atoms with van der Waals surface area (Å²) in [6.07, 6.45) is -3.03. The Morgan fingerprint density at radius 1 is 1.12 bits per heavy atom. The van der Waals surface area contributed by atoms with Crippen molar-refractivity contribution >= 4 is 11.9 Å². The summed E-state index contributed by atoms with van der Waals surface area (Å²) < 4.78 is 38.3. The number of alkyl halides is 3. The zero-order valence-corrected chi connectivity index (χ0v) is 14.3. The van der Waals surface area contributed by atoms with E-state index in [2.05, 4.69) is 0 Å². The van der Waals surface area contributed by atoms with Crippen LogP contribution in [0, 0.1) is 11.8 Å². The van der Waals surface area contributed by atoms with E-state index in [9.17, 15) is 27.9 Å². The fourth-order valence-electron chi connectivity index (χ4n) is 4.08. The minimum Gasteiger partial charge on any atom is -0.481 e. The van der Waals surface area contributed by atoms with E-state index in [0.717, 1.165) is 11.1 Å². The van der Waals surface area contributed by atoms with Gasteiger partial charge in [0.15, 0.2) is 0 Å². The van der Waals surface area contributed by atoms with Gasteiger partial charge in [0.2, 0.25) is 5.91 Å². The molecule has 0 saturated heterocycles. The number of aliphatic carboxylic acids is 1. The normalized spacial score (nSPS) is 26.3. The van der Waals surface area contributed by atoms with Crippen molar-refractivity contribution in [2.45, 2.75) is 50.7 Å². The van der Waals surface area contributed by atoms with Crippen molar-refractivity contribution in [2.75, 3.05) is 6.54 Å². The van der Waals surface area contributed by atoms with Gasteiger partial charge in [0.05, 0.1) is 11.8 Å². The fourth-order valence-corrected chi connectivity index (χ4v) is 4.08. The number of carboxylic acid groups (broad SMARTS) is 1. The van der Waals surface area contributed by atoms with Crippen molar-refractivity contribution in [3.05, 3.63) is 35.4 Å². The monoisotopic (exact) mass is 369 g/mol. The molecule has 1 saturated carbocycles. The van der Waals surface area contributed by atoms with Gasteiger partial charge in [-0.3, -0.25) is 9.59 Å². The van der Waals surface area contributed by atoms with Crippen molar-refractivity contribution in [3.8, 4) is 0 Å². The molecule has 1 N–H and O–H groups in total. The molecule has 1 heterocycles. The van der Waals surface area contributed by atoms with E-state index in [1.807, 2.05) is 12.1 Å². The van der Waals surface area contributed by atoms with Crippen molar-refractivity contribution < 1.29 is 27.9 Å². The topological polar surface area (TPSA) is 57.6 Å². The van der Waals surface area contributed by atoms with E-state index in [-0.39, 0.29) is 37.6 Å². The average Bonchev–Trinajstić information content (AvgIpc) is 2.60. The summed E-state index contributed by atoms with van der Waals surface area (Å²) in [5, 5.41) is 9.47. The Kier molecular flexibility index (Phi) is 5.25. The Hall–Kier alpha value is -2.05. The molecule has 1 atom stereocenters. The second kappa shape index (κ2) is 7.29. The molecule has 1 aliphatic heterocycles. The van der Waals surface area contributed by atoms with Gasteiger partial charge in [-0.15, -0.1) is 0 Å². The van der Waals surface area contributed by atoms with Crippen molar-refractivity contribution in [1.82, 2.24) is 4.90 Å². The summed E-state index contributed by atoms with van der Waals surface area (Å²) in [7, 11) is 0. The molecule has 0 spiro atoms. The molecule has 3 rings (SSSR count). The number of fused-ring (bicyclic) bond motifs is 1. The number of carboxylic acids is 1. The predicted octanol–water partition coefficient (Wildman–Crippen LogP) is 3.96. The molecule has 1 fully saturated rings. The van der Waals surface area contributed by atoms with Crippen LogP contribution >= 0.6 is 0 Å². The van der Waals surface area contributed by atoms with E-state index >= 15 is 0 Å². The summed E-state index contributed by atoms with van der Waals surface area (Å²) in [6.45, 7) is 0.472. The second-order valence-electron chi connectivity index (χ2n) is 7.33. The first-order chi connectivity index (χ1) is 12.3. The van der Waals surface area contributed by atoms with Crippen LogP contribution in [0.3, 0.4) is 0 Å². The van der Waals surface area contributed by atoms with Crippen LogP contribution in [-0.2, 0) is 16.1 Å². The molecular weight excluding hydrogens is 347 g/mol. The Balaban J connectivity index is 1.62. The van der Waals surface area contributed by atoms with Gasteiger partial charge in [-0.25, -0.2) is 0 Å². The molecule has 26 heavy (non-hydrogen) atoms. The SMILES string of the molecule is O=C(O)C1CN(C(=O)CC2CCC(C(F)(F)F)CC2)Cc2ccccc21. The summed E-state index contributed by atoms with van der Waals surface area (Å²) in [4.78, 5) is 25.7. The zero-order chi connectivity index (χ0) is 18.9. The van der Waals surface area contributed by atoms with Gasteiger partial charge in [0, 0.05) is 19.5 Å². The fraction of sp³-hybridized carbons (Fsp3) is 0.579. The Morgan fingerprint density at radius 2 is 1.77 bits per heavy atom. The van der Waals surface area contributed by atoms with Crippen LogP contribution in [-0.4, -0.2) is 34.6 Å². The van der Waals surface area contributed by atoms with Crippen LogP contribution in [0.1, 0.15) is 49.1 Å². The highest BCUT2D eigenvalue weighted by atomic mass is 19.4. The second-order valence-corrected chi connectivity index (χ2v) is 7.33. The van der Waals surface area contributed by atoms with Crippen molar-refractivity contribution in [1.29, 1.82) is 0 Å². The number of benzene rings is 1. The zero-order valence-electron chi connectivity index (χ0n) is 14.3. The highest BCUT2D eigenvalue weighted by Crippen LogP contribution is 2.40. The van der Waals surface area contributed by atoms with Gasteiger partial charge >= 0.3 is 12.1 Å². The molecule has 2 aliphatic rings. The lowest BCUT2D eigenvalue weighted by atomic mass is 9.80. The third-order valence-corrected chi connectivity index (χ3v) is 5.62. The summed E-state index contributed by atoms with van der Waals surface area (Å²) in [5.74, 6) is -3.21. The number of halogens is 3. The predicted molar refractivity (Wildman–Crippen MR) is 88.4 cm³/mol. The number of hydrogen-bond acceptors (Lipinski definition) is 2. The smallest absolute Gasteiger partial charge is 0.391 e. The third-order valence-electron chi connectivity index (χ3n) is 5.62. The van der Waals surface area contributed by atoms with Gasteiger partial charge in [-0.2, -0.15) is 13.2 Å². The number of carbonyl (C=O) groups is 2. The first-order valence-electron chi connectivity index (χ1n) is 8.90. The number of hydrogen-bond donors (Lipinski definition) is 1. The summed E-state index contributed by atoms with van der Waals surface area (Å²) >= 11 is 0. The number of amides is 1. The van der Waals surface area contributed by atoms with E-state index in [0.29, 0.717) is 19.4 Å². The highest BCUT2D eigenvalue weighted by molar-refractivity contribution is 5.81. The summed E-state index contributed by atoms with van der Waals surface area (Å²) in [5.41, 5.74) is 1.55. The van der Waals surface area contributed by atoms with Crippen LogP contribution in [0.25, 0.3) is 0 Å². The van der Waals surface area contributed by atoms with E-state index in [4.69, 9.17) is 0 Å². The van der Waals surface area contributed by atoms with Crippen LogP contribution in [0.4, 0.5) is 13.2 Å². The lowest BCUT2D eigenvalue weighted by Gasteiger charge is -2.35. The van der Waals surface area contributed by atoms with Gasteiger partial charge in [0.1, 0.15) is 0 Å². The minimum absolute atomic E-state index is 0.0541. The first kappa shape index (κ1) is 18.7. The Morgan fingerprint density at radius 3 is 2.38 bits per heavy atom. The molecule has 1 unspecified atom stereocenters. The third kappa shape index (κ3) is 4.02. The van der Waals surface area contributed by atoms with Crippen molar-refractivity contribution in [2.24, 2.45) is 11.8 Å². The maximum Gasteiger partial charge on any atom is 0.391 e. The highest BCUT2D eigenvalue weighted by Gasteiger charge is 2.42. The molecule has 0 aromatic heterocycles. The molecular formula is C19H22F3NO3. The maximum atomic E-state index is 12.8. The van der Waals surface area contributed by atoms with Gasteiger partial charge in [-0.05, 0) is 42.7 Å².